The Labute approximate surface area is 202 Å². The molecular formula is C26H36N6O2. The van der Waals surface area contributed by atoms with Crippen LogP contribution in [0.25, 0.3) is 0 Å². The number of piperazine rings is 1. The fourth-order valence-electron chi connectivity index (χ4n) is 4.68. The van der Waals surface area contributed by atoms with Crippen molar-refractivity contribution < 1.29 is 9.47 Å². The number of anilines is 1. The summed E-state index contributed by atoms with van der Waals surface area (Å²) in [6.07, 6.45) is 1.84. The van der Waals surface area contributed by atoms with Crippen molar-refractivity contribution in [1.82, 2.24) is 25.1 Å². The SMILES string of the molecule is COc1ccc(CCn2nnnc2[C@H](CC(C)C)N2CCN(c3ccccc3)CC2)cc1OC. The predicted molar refractivity (Wildman–Crippen MR) is 133 cm³/mol. The maximum atomic E-state index is 5.46. The molecule has 1 atom stereocenters. The number of tetrazole rings is 1. The average molecular weight is 465 g/mol. The van der Waals surface area contributed by atoms with Crippen molar-refractivity contribution >= 4 is 5.69 Å². The molecule has 0 radical (unpaired) electrons. The number of rotatable bonds is 10. The third-order valence-electron chi connectivity index (χ3n) is 6.49. The minimum absolute atomic E-state index is 0.207. The highest BCUT2D eigenvalue weighted by atomic mass is 16.5. The molecular weight excluding hydrogens is 428 g/mol. The molecule has 0 aliphatic carbocycles. The van der Waals surface area contributed by atoms with Crippen LogP contribution in [0.3, 0.4) is 0 Å². The zero-order chi connectivity index (χ0) is 23.9. The van der Waals surface area contributed by atoms with Crippen LogP contribution in [-0.4, -0.2) is 65.5 Å². The van der Waals surface area contributed by atoms with Gasteiger partial charge in [0.15, 0.2) is 17.3 Å². The number of hydrogen-bond acceptors (Lipinski definition) is 7. The van der Waals surface area contributed by atoms with Gasteiger partial charge in [0.2, 0.25) is 0 Å². The summed E-state index contributed by atoms with van der Waals surface area (Å²) in [4.78, 5) is 5.01. The molecule has 4 rings (SSSR count). The van der Waals surface area contributed by atoms with Crippen LogP contribution in [0.2, 0.25) is 0 Å². The topological polar surface area (TPSA) is 68.5 Å². The highest BCUT2D eigenvalue weighted by molar-refractivity contribution is 5.46. The number of aromatic nitrogens is 4. The maximum Gasteiger partial charge on any atom is 0.168 e. The number of para-hydroxylation sites is 1. The second kappa shape index (κ2) is 11.3. The van der Waals surface area contributed by atoms with E-state index in [1.807, 2.05) is 16.8 Å². The summed E-state index contributed by atoms with van der Waals surface area (Å²) < 4.78 is 12.8. The van der Waals surface area contributed by atoms with Gasteiger partial charge in [0.05, 0.1) is 20.3 Å². The van der Waals surface area contributed by atoms with E-state index in [1.54, 1.807) is 14.2 Å². The number of ether oxygens (including phenoxy) is 2. The van der Waals surface area contributed by atoms with Gasteiger partial charge < -0.3 is 14.4 Å². The van der Waals surface area contributed by atoms with Crippen LogP contribution in [0, 0.1) is 5.92 Å². The van der Waals surface area contributed by atoms with Crippen LogP contribution in [0.4, 0.5) is 5.69 Å². The smallest absolute Gasteiger partial charge is 0.168 e. The van der Waals surface area contributed by atoms with E-state index in [0.717, 1.165) is 68.5 Å². The first-order valence-corrected chi connectivity index (χ1v) is 12.1. The van der Waals surface area contributed by atoms with E-state index >= 15 is 0 Å². The summed E-state index contributed by atoms with van der Waals surface area (Å²) in [6.45, 7) is 9.26. The van der Waals surface area contributed by atoms with Crippen molar-refractivity contribution in [2.75, 3.05) is 45.3 Å². The Morgan fingerprint density at radius 1 is 0.912 bits per heavy atom. The summed E-state index contributed by atoms with van der Waals surface area (Å²) in [5.41, 5.74) is 2.46. The highest BCUT2D eigenvalue weighted by Crippen LogP contribution is 2.30. The molecule has 2 heterocycles. The Bertz CT molecular complexity index is 1030. The van der Waals surface area contributed by atoms with Gasteiger partial charge in [-0.15, -0.1) is 5.10 Å². The lowest BCUT2D eigenvalue weighted by atomic mass is 10.0. The van der Waals surface area contributed by atoms with E-state index in [4.69, 9.17) is 9.47 Å². The summed E-state index contributed by atoms with van der Waals surface area (Å²) in [5, 5.41) is 12.9. The zero-order valence-electron chi connectivity index (χ0n) is 20.7. The maximum absolute atomic E-state index is 5.46. The molecule has 34 heavy (non-hydrogen) atoms. The Morgan fingerprint density at radius 3 is 2.32 bits per heavy atom. The second-order valence-corrected chi connectivity index (χ2v) is 9.20. The molecule has 8 heteroatoms. The standard InChI is InChI=1S/C26H36N6O2/c1-20(2)18-23(31-16-14-30(15-17-31)22-8-6-5-7-9-22)26-27-28-29-32(26)13-12-21-10-11-24(33-3)25(19-21)34-4/h5-11,19-20,23H,12-18H2,1-4H3/t23-/m0/s1. The van der Waals surface area contributed by atoms with E-state index in [0.29, 0.717) is 5.92 Å². The zero-order valence-corrected chi connectivity index (χ0v) is 20.7. The largest absolute Gasteiger partial charge is 0.493 e. The van der Waals surface area contributed by atoms with Crippen LogP contribution in [0.1, 0.15) is 37.7 Å². The van der Waals surface area contributed by atoms with Crippen molar-refractivity contribution in [3.05, 3.63) is 59.9 Å². The van der Waals surface area contributed by atoms with E-state index in [1.165, 1.54) is 5.69 Å². The normalized spacial score (nSPS) is 15.5. The van der Waals surface area contributed by atoms with Crippen LogP contribution in [0.15, 0.2) is 48.5 Å². The van der Waals surface area contributed by atoms with Crippen LogP contribution in [-0.2, 0) is 13.0 Å². The Kier molecular flexibility index (Phi) is 8.00. The van der Waals surface area contributed by atoms with Crippen LogP contribution < -0.4 is 14.4 Å². The van der Waals surface area contributed by atoms with E-state index in [2.05, 4.69) is 75.6 Å². The van der Waals surface area contributed by atoms with E-state index < -0.39 is 0 Å². The van der Waals surface area contributed by atoms with Crippen molar-refractivity contribution in [3.8, 4) is 11.5 Å². The van der Waals surface area contributed by atoms with Crippen molar-refractivity contribution in [2.45, 2.75) is 39.3 Å². The molecule has 1 saturated heterocycles. The summed E-state index contributed by atoms with van der Waals surface area (Å²) in [5.74, 6) is 2.99. The Balaban J connectivity index is 1.45. The van der Waals surface area contributed by atoms with Gasteiger partial charge in [0.1, 0.15) is 0 Å². The lowest BCUT2D eigenvalue weighted by molar-refractivity contribution is 0.152. The van der Waals surface area contributed by atoms with Crippen molar-refractivity contribution in [2.24, 2.45) is 5.92 Å². The van der Waals surface area contributed by atoms with Gasteiger partial charge in [-0.3, -0.25) is 4.90 Å². The third-order valence-corrected chi connectivity index (χ3v) is 6.49. The molecule has 182 valence electrons. The average Bonchev–Trinajstić information content (AvgIpc) is 3.34. The predicted octanol–water partition coefficient (Wildman–Crippen LogP) is 3.84. The molecule has 0 saturated carbocycles. The molecule has 1 aromatic heterocycles. The minimum Gasteiger partial charge on any atom is -0.493 e. The number of benzene rings is 2. The van der Waals surface area contributed by atoms with Crippen molar-refractivity contribution in [1.29, 1.82) is 0 Å². The number of aryl methyl sites for hydroxylation is 2. The van der Waals surface area contributed by atoms with Gasteiger partial charge in [0.25, 0.3) is 0 Å². The van der Waals surface area contributed by atoms with E-state index in [-0.39, 0.29) is 6.04 Å². The first-order chi connectivity index (χ1) is 16.6. The monoisotopic (exact) mass is 464 g/mol. The van der Waals surface area contributed by atoms with Gasteiger partial charge in [-0.2, -0.15) is 0 Å². The first kappa shape index (κ1) is 24.0. The van der Waals surface area contributed by atoms with Crippen molar-refractivity contribution in [3.63, 3.8) is 0 Å². The number of nitrogens with zero attached hydrogens (tertiary/aromatic N) is 6. The van der Waals surface area contributed by atoms with Gasteiger partial charge in [-0.25, -0.2) is 4.68 Å². The first-order valence-electron chi connectivity index (χ1n) is 12.1. The lowest BCUT2D eigenvalue weighted by Gasteiger charge is -2.40. The summed E-state index contributed by atoms with van der Waals surface area (Å²) >= 11 is 0. The molecule has 2 aromatic carbocycles. The molecule has 0 unspecified atom stereocenters. The van der Waals surface area contributed by atoms with Gasteiger partial charge in [-0.1, -0.05) is 38.1 Å². The molecule has 1 aliphatic heterocycles. The van der Waals surface area contributed by atoms with Gasteiger partial charge in [-0.05, 0) is 59.0 Å². The fourth-order valence-corrected chi connectivity index (χ4v) is 4.68. The summed E-state index contributed by atoms with van der Waals surface area (Å²) in [7, 11) is 3.31. The quantitative estimate of drug-likeness (QED) is 0.451. The third kappa shape index (κ3) is 5.67. The Hall–Kier alpha value is -3.13. The molecule has 0 bridgehead atoms. The second-order valence-electron chi connectivity index (χ2n) is 9.20. The molecule has 3 aromatic rings. The van der Waals surface area contributed by atoms with Gasteiger partial charge in [0, 0.05) is 38.4 Å². The summed E-state index contributed by atoms with van der Waals surface area (Å²) in [6, 6.07) is 16.9. The molecule has 0 spiro atoms. The molecule has 0 N–H and O–H groups in total. The van der Waals surface area contributed by atoms with Crippen LogP contribution in [0.5, 0.6) is 11.5 Å². The highest BCUT2D eigenvalue weighted by Gasteiger charge is 2.29. The lowest BCUT2D eigenvalue weighted by Crippen LogP contribution is -2.48. The minimum atomic E-state index is 0.207. The Morgan fingerprint density at radius 2 is 1.65 bits per heavy atom. The fraction of sp³-hybridized carbons (Fsp3) is 0.500. The van der Waals surface area contributed by atoms with E-state index in [9.17, 15) is 0 Å². The van der Waals surface area contributed by atoms with Gasteiger partial charge >= 0.3 is 0 Å². The molecule has 8 nitrogen and oxygen atoms in total. The molecule has 0 amide bonds. The number of methoxy groups -OCH3 is 2. The molecule has 1 fully saturated rings. The van der Waals surface area contributed by atoms with Crippen LogP contribution >= 0.6 is 0 Å². The molecule has 1 aliphatic rings. The number of hydrogen-bond donors (Lipinski definition) is 0.